The van der Waals surface area contributed by atoms with Gasteiger partial charge in [0.25, 0.3) is 0 Å². The van der Waals surface area contributed by atoms with Crippen molar-refractivity contribution < 1.29 is 4.42 Å². The molecule has 11 aromatic carbocycles. The minimum atomic E-state index is 0.904. The molecular weight excluding hydrogens is 789 g/mol. The number of furan rings is 1. The summed E-state index contributed by atoms with van der Waals surface area (Å²) < 4.78 is 8.55. The summed E-state index contributed by atoms with van der Waals surface area (Å²) in [6, 6.07) is 87.8. The van der Waals surface area contributed by atoms with Crippen molar-refractivity contribution in [2.24, 2.45) is 0 Å². The van der Waals surface area contributed by atoms with Gasteiger partial charge in [0.05, 0.1) is 16.7 Å². The van der Waals surface area contributed by atoms with Crippen LogP contribution in [0.5, 0.6) is 0 Å². The van der Waals surface area contributed by atoms with Gasteiger partial charge in [-0.15, -0.1) is 0 Å². The summed E-state index contributed by atoms with van der Waals surface area (Å²) in [6.07, 6.45) is 0. The van der Waals surface area contributed by atoms with Crippen molar-refractivity contribution in [1.29, 1.82) is 0 Å². The first-order valence-electron chi connectivity index (χ1n) is 22.2. The summed E-state index contributed by atoms with van der Waals surface area (Å²) in [5.74, 6) is 0. The maximum Gasteiger partial charge on any atom is 0.135 e. The van der Waals surface area contributed by atoms with E-state index in [0.717, 1.165) is 55.8 Å². The maximum atomic E-state index is 6.16. The van der Waals surface area contributed by atoms with Crippen molar-refractivity contribution in [3.8, 4) is 39.1 Å². The summed E-state index contributed by atoms with van der Waals surface area (Å²) in [4.78, 5) is 2.41. The fraction of sp³-hybridized carbons (Fsp3) is 0. The highest BCUT2D eigenvalue weighted by Gasteiger charge is 2.19. The van der Waals surface area contributed by atoms with E-state index >= 15 is 0 Å². The summed E-state index contributed by atoms with van der Waals surface area (Å²) in [7, 11) is 0. The number of para-hydroxylation sites is 2. The molecule has 0 amide bonds. The number of anilines is 3. The predicted octanol–water partition coefficient (Wildman–Crippen LogP) is 17.5. The summed E-state index contributed by atoms with van der Waals surface area (Å²) in [5, 5.41) is 9.64. The first-order chi connectivity index (χ1) is 32.2. The zero-order valence-corrected chi connectivity index (χ0v) is 35.4. The Balaban J connectivity index is 0.904. The fourth-order valence-electron chi connectivity index (χ4n) is 10.0. The predicted molar refractivity (Wildman–Crippen MR) is 274 cm³/mol. The van der Waals surface area contributed by atoms with Crippen molar-refractivity contribution in [3.63, 3.8) is 0 Å². The maximum absolute atomic E-state index is 6.16. The second-order valence-corrected chi connectivity index (χ2v) is 16.9. The lowest BCUT2D eigenvalue weighted by molar-refractivity contribution is 0.669. The van der Waals surface area contributed by atoms with Gasteiger partial charge in [-0.05, 0) is 128 Å². The fourth-order valence-corrected chi connectivity index (χ4v) is 10.0. The lowest BCUT2D eigenvalue weighted by atomic mass is 9.98. The van der Waals surface area contributed by atoms with Gasteiger partial charge in [-0.1, -0.05) is 164 Å². The van der Waals surface area contributed by atoms with E-state index in [-0.39, 0.29) is 0 Å². The Morgan fingerprint density at radius 1 is 0.292 bits per heavy atom. The second-order valence-electron chi connectivity index (χ2n) is 16.9. The van der Waals surface area contributed by atoms with Crippen LogP contribution in [0.15, 0.2) is 247 Å². The molecule has 13 aromatic rings. The standard InChI is InChI=1S/C62H40N2O/c1-2-12-41(13-3-1)42-22-34-50(35-23-42)64-58-20-10-8-18-54(58)56-38-45(28-36-59(56)64)43-24-30-48(31-25-43)63(60-40-47-14-4-5-15-51(47)52-16-6-7-17-53(52)60)49-32-26-44(27-33-49)46-29-37-62-57(39-46)55-19-9-11-21-61(55)65-62/h1-40H. The third-order valence-corrected chi connectivity index (χ3v) is 13.2. The number of hydrogen-bond acceptors (Lipinski definition) is 2. The van der Waals surface area contributed by atoms with Crippen LogP contribution in [-0.2, 0) is 0 Å². The van der Waals surface area contributed by atoms with E-state index in [1.165, 1.54) is 65.6 Å². The van der Waals surface area contributed by atoms with Crippen LogP contribution < -0.4 is 4.90 Å². The molecule has 0 unspecified atom stereocenters. The molecule has 0 atom stereocenters. The van der Waals surface area contributed by atoms with Crippen LogP contribution in [0.3, 0.4) is 0 Å². The molecule has 0 aliphatic rings. The lowest BCUT2D eigenvalue weighted by Gasteiger charge is -2.28. The molecule has 0 saturated carbocycles. The molecule has 3 heteroatoms. The van der Waals surface area contributed by atoms with Gasteiger partial charge in [0.15, 0.2) is 0 Å². The SMILES string of the molecule is c1ccc(-c2ccc(-n3c4ccccc4c4cc(-c5ccc(N(c6ccc(-c7ccc8oc9ccccc9c8c7)cc6)c6cc7ccccc7c7ccccc67)cc5)ccc43)cc2)cc1. The number of benzene rings is 11. The summed E-state index contributed by atoms with van der Waals surface area (Å²) in [6.45, 7) is 0. The van der Waals surface area contributed by atoms with Crippen LogP contribution in [0.2, 0.25) is 0 Å². The van der Waals surface area contributed by atoms with Crippen molar-refractivity contribution in [2.45, 2.75) is 0 Å². The number of nitrogens with zero attached hydrogens (tertiary/aromatic N) is 2. The van der Waals surface area contributed by atoms with E-state index in [2.05, 4.69) is 240 Å². The number of rotatable bonds is 7. The molecule has 2 heterocycles. The van der Waals surface area contributed by atoms with E-state index in [1.807, 2.05) is 12.1 Å². The topological polar surface area (TPSA) is 21.3 Å². The Kier molecular flexibility index (Phi) is 8.53. The highest BCUT2D eigenvalue weighted by Crippen LogP contribution is 2.44. The smallest absolute Gasteiger partial charge is 0.135 e. The lowest BCUT2D eigenvalue weighted by Crippen LogP contribution is -2.10. The number of fused-ring (bicyclic) bond motifs is 9. The van der Waals surface area contributed by atoms with Gasteiger partial charge < -0.3 is 13.9 Å². The Morgan fingerprint density at radius 3 is 1.52 bits per heavy atom. The second kappa shape index (κ2) is 15.0. The van der Waals surface area contributed by atoms with E-state index in [1.54, 1.807) is 0 Å². The van der Waals surface area contributed by atoms with Crippen LogP contribution in [-0.4, -0.2) is 4.57 Å². The monoisotopic (exact) mass is 828 g/mol. The van der Waals surface area contributed by atoms with Crippen LogP contribution >= 0.6 is 0 Å². The minimum absolute atomic E-state index is 0.904. The Bertz CT molecular complexity index is 3920. The molecular formula is C62H40N2O. The molecule has 304 valence electrons. The molecule has 3 nitrogen and oxygen atoms in total. The van der Waals surface area contributed by atoms with E-state index in [4.69, 9.17) is 4.42 Å². The zero-order valence-electron chi connectivity index (χ0n) is 35.4. The molecule has 0 N–H and O–H groups in total. The largest absolute Gasteiger partial charge is 0.456 e. The molecule has 0 saturated heterocycles. The molecule has 0 spiro atoms. The molecule has 2 aromatic heterocycles. The van der Waals surface area contributed by atoms with Crippen LogP contribution in [0.1, 0.15) is 0 Å². The third kappa shape index (κ3) is 6.20. The zero-order chi connectivity index (χ0) is 42.8. The van der Waals surface area contributed by atoms with Crippen molar-refractivity contribution in [2.75, 3.05) is 4.90 Å². The summed E-state index contributed by atoms with van der Waals surface area (Å²) in [5.41, 5.74) is 15.7. The first-order valence-corrected chi connectivity index (χ1v) is 22.2. The van der Waals surface area contributed by atoms with Gasteiger partial charge in [0.1, 0.15) is 11.2 Å². The average Bonchev–Trinajstić information content (AvgIpc) is 3.92. The van der Waals surface area contributed by atoms with Crippen LogP contribution in [0, 0.1) is 0 Å². The molecule has 0 fully saturated rings. The molecule has 0 aliphatic carbocycles. The van der Waals surface area contributed by atoms with Gasteiger partial charge in [0.2, 0.25) is 0 Å². The highest BCUT2D eigenvalue weighted by atomic mass is 16.3. The van der Waals surface area contributed by atoms with Crippen molar-refractivity contribution >= 4 is 82.4 Å². The van der Waals surface area contributed by atoms with Gasteiger partial charge in [-0.25, -0.2) is 0 Å². The molecule has 13 rings (SSSR count). The summed E-state index contributed by atoms with van der Waals surface area (Å²) >= 11 is 0. The Labute approximate surface area is 376 Å². The van der Waals surface area contributed by atoms with Gasteiger partial charge in [0, 0.05) is 44.0 Å². The van der Waals surface area contributed by atoms with E-state index in [9.17, 15) is 0 Å². The van der Waals surface area contributed by atoms with Gasteiger partial charge in [-0.2, -0.15) is 0 Å². The Morgan fingerprint density at radius 2 is 0.785 bits per heavy atom. The quantitative estimate of drug-likeness (QED) is 0.149. The highest BCUT2D eigenvalue weighted by molar-refractivity contribution is 6.15. The Hall–Kier alpha value is -8.66. The van der Waals surface area contributed by atoms with E-state index in [0.29, 0.717) is 0 Å². The van der Waals surface area contributed by atoms with Crippen LogP contribution in [0.4, 0.5) is 17.1 Å². The number of aromatic nitrogens is 1. The molecule has 65 heavy (non-hydrogen) atoms. The molecule has 0 aliphatic heterocycles. The minimum Gasteiger partial charge on any atom is -0.456 e. The first kappa shape index (κ1) is 36.9. The molecule has 0 bridgehead atoms. The van der Waals surface area contributed by atoms with Crippen molar-refractivity contribution in [3.05, 3.63) is 243 Å². The molecule has 0 radical (unpaired) electrons. The van der Waals surface area contributed by atoms with Crippen molar-refractivity contribution in [1.82, 2.24) is 4.57 Å². The van der Waals surface area contributed by atoms with E-state index < -0.39 is 0 Å². The van der Waals surface area contributed by atoms with Crippen LogP contribution in [0.25, 0.3) is 104 Å². The normalized spacial score (nSPS) is 11.7. The third-order valence-electron chi connectivity index (χ3n) is 13.2. The van der Waals surface area contributed by atoms with Gasteiger partial charge >= 0.3 is 0 Å². The average molecular weight is 829 g/mol. The van der Waals surface area contributed by atoms with Gasteiger partial charge in [-0.3, -0.25) is 0 Å². The number of hydrogen-bond donors (Lipinski definition) is 0.